The number of rotatable bonds is 8. The highest BCUT2D eigenvalue weighted by atomic mass is 35.5. The van der Waals surface area contributed by atoms with Gasteiger partial charge in [0.2, 0.25) is 22.7 Å². The first kappa shape index (κ1) is 25.0. The molecule has 0 aliphatic carbocycles. The molecule has 0 spiro atoms. The molecule has 1 N–H and O–H groups in total. The van der Waals surface area contributed by atoms with Crippen molar-refractivity contribution in [1.29, 1.82) is 0 Å². The molecule has 7 nitrogen and oxygen atoms in total. The van der Waals surface area contributed by atoms with Crippen molar-refractivity contribution in [2.24, 2.45) is 0 Å². The maximum absolute atomic E-state index is 13.8. The largest absolute Gasteiger partial charge is 0.454 e. The minimum Gasteiger partial charge on any atom is -0.454 e. The van der Waals surface area contributed by atoms with Crippen molar-refractivity contribution in [3.8, 4) is 11.5 Å². The van der Waals surface area contributed by atoms with Crippen LogP contribution in [0.15, 0.2) is 59.5 Å². The van der Waals surface area contributed by atoms with E-state index in [4.69, 9.17) is 21.1 Å². The Balaban J connectivity index is 1.56. The molecule has 1 amide bonds. The topological polar surface area (TPSA) is 84.9 Å². The molecule has 1 heterocycles. The summed E-state index contributed by atoms with van der Waals surface area (Å²) in [5.41, 5.74) is 3.81. The standard InChI is InChI=1S/C26H27ClN2O5S/c1-17-10-18(2)26(19(3)11-17)35(31,32)29(14-20-4-7-22(27)8-5-20)15-25(30)28-13-21-6-9-23-24(12-21)34-16-33-23/h4-12H,13-16H2,1-3H3,(H,28,30). The number of fused-ring (bicyclic) bond motifs is 1. The number of benzene rings is 3. The molecule has 184 valence electrons. The van der Waals surface area contributed by atoms with Crippen molar-refractivity contribution >= 4 is 27.5 Å². The van der Waals surface area contributed by atoms with E-state index in [1.54, 1.807) is 50.2 Å². The van der Waals surface area contributed by atoms with Crippen LogP contribution in [-0.4, -0.2) is 32.0 Å². The Morgan fingerprint density at radius 3 is 2.26 bits per heavy atom. The second-order valence-electron chi connectivity index (χ2n) is 8.59. The molecule has 9 heteroatoms. The van der Waals surface area contributed by atoms with Crippen molar-refractivity contribution in [3.63, 3.8) is 0 Å². The maximum Gasteiger partial charge on any atom is 0.244 e. The van der Waals surface area contributed by atoms with E-state index < -0.39 is 15.9 Å². The molecule has 3 aromatic carbocycles. The zero-order valence-electron chi connectivity index (χ0n) is 19.8. The molecular weight excluding hydrogens is 488 g/mol. The minimum atomic E-state index is -3.97. The molecule has 0 saturated carbocycles. The third-order valence-electron chi connectivity index (χ3n) is 5.72. The number of aryl methyl sites for hydroxylation is 3. The lowest BCUT2D eigenvalue weighted by atomic mass is 10.1. The fourth-order valence-electron chi connectivity index (χ4n) is 4.19. The van der Waals surface area contributed by atoms with Crippen LogP contribution in [0.5, 0.6) is 11.5 Å². The van der Waals surface area contributed by atoms with Crippen LogP contribution in [0.4, 0.5) is 0 Å². The smallest absolute Gasteiger partial charge is 0.244 e. The van der Waals surface area contributed by atoms with Crippen LogP contribution in [0.2, 0.25) is 5.02 Å². The zero-order chi connectivity index (χ0) is 25.2. The van der Waals surface area contributed by atoms with E-state index in [-0.39, 0.29) is 31.3 Å². The summed E-state index contributed by atoms with van der Waals surface area (Å²) in [6, 6.07) is 16.0. The van der Waals surface area contributed by atoms with E-state index in [0.29, 0.717) is 27.6 Å². The van der Waals surface area contributed by atoms with Gasteiger partial charge in [-0.1, -0.05) is 47.5 Å². The van der Waals surface area contributed by atoms with Gasteiger partial charge in [-0.05, 0) is 67.3 Å². The SMILES string of the molecule is Cc1cc(C)c(S(=O)(=O)N(CC(=O)NCc2ccc3c(c2)OCO3)Cc2ccc(Cl)cc2)c(C)c1. The van der Waals surface area contributed by atoms with Crippen molar-refractivity contribution in [1.82, 2.24) is 9.62 Å². The molecule has 0 atom stereocenters. The summed E-state index contributed by atoms with van der Waals surface area (Å²) in [4.78, 5) is 13.1. The van der Waals surface area contributed by atoms with Crippen molar-refractivity contribution in [2.75, 3.05) is 13.3 Å². The summed E-state index contributed by atoms with van der Waals surface area (Å²) in [6.45, 7) is 5.56. The molecule has 0 unspecified atom stereocenters. The van der Waals surface area contributed by atoms with Crippen LogP contribution in [0, 0.1) is 20.8 Å². The number of ether oxygens (including phenoxy) is 2. The highest BCUT2D eigenvalue weighted by Crippen LogP contribution is 2.32. The first-order valence-electron chi connectivity index (χ1n) is 11.1. The average Bonchev–Trinajstić information content (AvgIpc) is 3.25. The van der Waals surface area contributed by atoms with E-state index in [9.17, 15) is 13.2 Å². The Kier molecular flexibility index (Phi) is 7.35. The van der Waals surface area contributed by atoms with Gasteiger partial charge < -0.3 is 14.8 Å². The first-order chi connectivity index (χ1) is 16.6. The summed E-state index contributed by atoms with van der Waals surface area (Å²) >= 11 is 6.00. The number of nitrogens with zero attached hydrogens (tertiary/aromatic N) is 1. The number of sulfonamides is 1. The van der Waals surface area contributed by atoms with E-state index in [1.165, 1.54) is 4.31 Å². The normalized spacial score (nSPS) is 12.7. The Morgan fingerprint density at radius 2 is 1.57 bits per heavy atom. The third-order valence-corrected chi connectivity index (χ3v) is 8.07. The number of amides is 1. The molecule has 0 saturated heterocycles. The summed E-state index contributed by atoms with van der Waals surface area (Å²) in [6.07, 6.45) is 0. The highest BCUT2D eigenvalue weighted by Gasteiger charge is 2.30. The summed E-state index contributed by atoms with van der Waals surface area (Å²) in [7, 11) is -3.97. The number of carbonyl (C=O) groups excluding carboxylic acids is 1. The van der Waals surface area contributed by atoms with Gasteiger partial charge in [0.05, 0.1) is 11.4 Å². The second-order valence-corrected chi connectivity index (χ2v) is 10.9. The number of carbonyl (C=O) groups is 1. The monoisotopic (exact) mass is 514 g/mol. The van der Waals surface area contributed by atoms with Gasteiger partial charge in [0.25, 0.3) is 0 Å². The van der Waals surface area contributed by atoms with E-state index in [2.05, 4.69) is 5.32 Å². The predicted molar refractivity (Wildman–Crippen MR) is 134 cm³/mol. The van der Waals surface area contributed by atoms with Gasteiger partial charge in [0.1, 0.15) is 0 Å². The van der Waals surface area contributed by atoms with Crippen molar-refractivity contribution < 1.29 is 22.7 Å². The summed E-state index contributed by atoms with van der Waals surface area (Å²) in [5, 5.41) is 3.37. The lowest BCUT2D eigenvalue weighted by molar-refractivity contribution is -0.121. The van der Waals surface area contributed by atoms with Gasteiger partial charge in [-0.25, -0.2) is 8.42 Å². The second kappa shape index (κ2) is 10.3. The molecule has 0 aromatic heterocycles. The van der Waals surface area contributed by atoms with Crippen LogP contribution in [0.25, 0.3) is 0 Å². The maximum atomic E-state index is 13.8. The van der Waals surface area contributed by atoms with Crippen LogP contribution >= 0.6 is 11.6 Å². The molecule has 0 bridgehead atoms. The van der Waals surface area contributed by atoms with Crippen LogP contribution < -0.4 is 14.8 Å². The summed E-state index contributed by atoms with van der Waals surface area (Å²) in [5.74, 6) is 0.862. The van der Waals surface area contributed by atoms with Crippen LogP contribution in [0.3, 0.4) is 0 Å². The number of hydrogen-bond acceptors (Lipinski definition) is 5. The Labute approximate surface area is 210 Å². The first-order valence-corrected chi connectivity index (χ1v) is 12.9. The van der Waals surface area contributed by atoms with Crippen LogP contribution in [-0.2, 0) is 27.9 Å². The van der Waals surface area contributed by atoms with Gasteiger partial charge in [0, 0.05) is 18.1 Å². The Morgan fingerprint density at radius 1 is 0.943 bits per heavy atom. The van der Waals surface area contributed by atoms with E-state index in [1.807, 2.05) is 25.1 Å². The third kappa shape index (κ3) is 5.78. The quantitative estimate of drug-likeness (QED) is 0.478. The molecule has 3 aromatic rings. The lowest BCUT2D eigenvalue weighted by Crippen LogP contribution is -2.40. The number of nitrogens with one attached hydrogen (secondary N) is 1. The predicted octanol–water partition coefficient (Wildman–Crippen LogP) is 4.50. The minimum absolute atomic E-state index is 0.0315. The molecule has 0 fully saturated rings. The fourth-order valence-corrected chi connectivity index (χ4v) is 6.11. The van der Waals surface area contributed by atoms with Gasteiger partial charge in [-0.2, -0.15) is 4.31 Å². The Bertz CT molecular complexity index is 1330. The van der Waals surface area contributed by atoms with E-state index in [0.717, 1.165) is 16.7 Å². The summed E-state index contributed by atoms with van der Waals surface area (Å²) < 4.78 is 39.5. The number of hydrogen-bond donors (Lipinski definition) is 1. The molecule has 4 rings (SSSR count). The molecule has 0 radical (unpaired) electrons. The van der Waals surface area contributed by atoms with E-state index >= 15 is 0 Å². The van der Waals surface area contributed by atoms with Gasteiger partial charge in [0.15, 0.2) is 11.5 Å². The number of halogens is 1. The average molecular weight is 515 g/mol. The molecular formula is C26H27ClN2O5S. The Hall–Kier alpha value is -3.07. The highest BCUT2D eigenvalue weighted by molar-refractivity contribution is 7.89. The van der Waals surface area contributed by atoms with Crippen molar-refractivity contribution in [2.45, 2.75) is 38.8 Å². The molecule has 35 heavy (non-hydrogen) atoms. The van der Waals surface area contributed by atoms with Crippen LogP contribution in [0.1, 0.15) is 27.8 Å². The zero-order valence-corrected chi connectivity index (χ0v) is 21.4. The van der Waals surface area contributed by atoms with Gasteiger partial charge >= 0.3 is 0 Å². The molecule has 1 aliphatic heterocycles. The molecule has 1 aliphatic rings. The van der Waals surface area contributed by atoms with Gasteiger partial charge in [-0.15, -0.1) is 0 Å². The lowest BCUT2D eigenvalue weighted by Gasteiger charge is -2.24. The van der Waals surface area contributed by atoms with Gasteiger partial charge in [-0.3, -0.25) is 4.79 Å². The fraction of sp³-hybridized carbons (Fsp3) is 0.269. The van der Waals surface area contributed by atoms with Crippen molar-refractivity contribution in [3.05, 3.63) is 87.4 Å².